The fraction of sp³-hybridized carbons (Fsp3) is 0.467. The van der Waals surface area contributed by atoms with Gasteiger partial charge in [0.25, 0.3) is 5.91 Å². The van der Waals surface area contributed by atoms with Crippen molar-refractivity contribution in [3.8, 4) is 5.75 Å². The monoisotopic (exact) mass is 331 g/mol. The number of carboxylic acids is 1. The van der Waals surface area contributed by atoms with Gasteiger partial charge in [0.2, 0.25) is 0 Å². The van der Waals surface area contributed by atoms with Crippen LogP contribution in [0.15, 0.2) is 24.3 Å². The Labute approximate surface area is 130 Å². The van der Waals surface area contributed by atoms with Crippen LogP contribution >= 0.6 is 0 Å². The summed E-state index contributed by atoms with van der Waals surface area (Å²) in [4.78, 5) is 24.2. The number of piperidine rings is 1. The zero-order valence-electron chi connectivity index (χ0n) is 12.2. The van der Waals surface area contributed by atoms with E-state index in [0.717, 1.165) is 0 Å². The topological polar surface area (TPSA) is 66.8 Å². The first-order valence-corrected chi connectivity index (χ1v) is 7.08. The highest BCUT2D eigenvalue weighted by molar-refractivity contribution is 5.94. The molecule has 0 radical (unpaired) electrons. The molecule has 1 N–H and O–H groups in total. The Kier molecular flexibility index (Phi) is 5.12. The van der Waals surface area contributed by atoms with E-state index in [1.54, 1.807) is 0 Å². The van der Waals surface area contributed by atoms with E-state index in [-0.39, 0.29) is 43.2 Å². The van der Waals surface area contributed by atoms with Gasteiger partial charge in [0.15, 0.2) is 6.61 Å². The number of halogens is 3. The Morgan fingerprint density at radius 2 is 1.91 bits per heavy atom. The van der Waals surface area contributed by atoms with Gasteiger partial charge in [-0.25, -0.2) is 4.79 Å². The van der Waals surface area contributed by atoms with Crippen LogP contribution in [-0.4, -0.2) is 47.8 Å². The lowest BCUT2D eigenvalue weighted by molar-refractivity contribution is -0.183. The van der Waals surface area contributed by atoms with Gasteiger partial charge in [0.05, 0.1) is 5.92 Å². The lowest BCUT2D eigenvalue weighted by Gasteiger charge is -2.33. The number of benzene rings is 1. The maximum absolute atomic E-state index is 12.6. The summed E-state index contributed by atoms with van der Waals surface area (Å²) in [6.45, 7) is -0.443. The van der Waals surface area contributed by atoms with Crippen LogP contribution < -0.4 is 4.74 Å². The average Bonchev–Trinajstić information content (AvgIpc) is 2.52. The second kappa shape index (κ2) is 6.89. The minimum Gasteiger partial charge on any atom is -0.482 e. The number of carbonyl (C=O) groups excluding carboxylic acids is 1. The maximum Gasteiger partial charge on any atom is 0.391 e. The summed E-state index contributed by atoms with van der Waals surface area (Å²) in [5.41, 5.74) is 0.262. The minimum absolute atomic E-state index is 0.0449. The Hall–Kier alpha value is -2.25. The second-order valence-electron chi connectivity index (χ2n) is 5.32. The Bertz CT molecular complexity index is 580. The van der Waals surface area contributed by atoms with Gasteiger partial charge in [-0.15, -0.1) is 0 Å². The van der Waals surface area contributed by atoms with Gasteiger partial charge < -0.3 is 14.7 Å². The van der Waals surface area contributed by atoms with E-state index >= 15 is 0 Å². The van der Waals surface area contributed by atoms with Crippen LogP contribution in [0.5, 0.6) is 5.75 Å². The molecule has 1 amide bonds. The molecule has 0 bridgehead atoms. The summed E-state index contributed by atoms with van der Waals surface area (Å²) in [5.74, 6) is -2.66. The first-order chi connectivity index (χ1) is 10.8. The van der Waals surface area contributed by atoms with Gasteiger partial charge in [-0.1, -0.05) is 6.07 Å². The summed E-state index contributed by atoms with van der Waals surface area (Å²) in [5, 5.41) is 8.56. The molecule has 0 aliphatic carbocycles. The van der Waals surface area contributed by atoms with Crippen LogP contribution in [0, 0.1) is 5.92 Å². The van der Waals surface area contributed by atoms with Crippen LogP contribution in [0.25, 0.3) is 0 Å². The molecule has 1 aliphatic rings. The largest absolute Gasteiger partial charge is 0.482 e. The summed E-state index contributed by atoms with van der Waals surface area (Å²) in [6, 6.07) is 5.95. The second-order valence-corrected chi connectivity index (χ2v) is 5.32. The molecule has 23 heavy (non-hydrogen) atoms. The summed E-state index contributed by atoms with van der Waals surface area (Å²) in [7, 11) is 0. The number of hydrogen-bond donors (Lipinski definition) is 1. The summed E-state index contributed by atoms with van der Waals surface area (Å²) in [6.07, 6.45) is -4.44. The Morgan fingerprint density at radius 1 is 1.26 bits per heavy atom. The van der Waals surface area contributed by atoms with Crippen molar-refractivity contribution in [2.75, 3.05) is 19.7 Å². The molecule has 0 unspecified atom stereocenters. The molecule has 0 atom stereocenters. The van der Waals surface area contributed by atoms with Crippen molar-refractivity contribution in [3.63, 3.8) is 0 Å². The van der Waals surface area contributed by atoms with Crippen LogP contribution in [0.4, 0.5) is 13.2 Å². The van der Waals surface area contributed by atoms with Gasteiger partial charge >= 0.3 is 12.1 Å². The molecule has 1 aliphatic heterocycles. The number of likely N-dealkylation sites (tertiary alicyclic amines) is 1. The Morgan fingerprint density at radius 3 is 2.48 bits per heavy atom. The molecule has 5 nitrogen and oxygen atoms in total. The highest BCUT2D eigenvalue weighted by atomic mass is 19.4. The molecule has 0 aromatic heterocycles. The number of alkyl halides is 3. The smallest absolute Gasteiger partial charge is 0.391 e. The molecule has 1 aromatic carbocycles. The van der Waals surface area contributed by atoms with Crippen LogP contribution in [-0.2, 0) is 4.79 Å². The first kappa shape index (κ1) is 17.1. The lowest BCUT2D eigenvalue weighted by atomic mass is 9.96. The van der Waals surface area contributed by atoms with Crippen molar-refractivity contribution in [1.82, 2.24) is 4.90 Å². The number of aliphatic carboxylic acids is 1. The molecule has 1 saturated heterocycles. The molecular formula is C15H16F3NO4. The predicted octanol–water partition coefficient (Wildman–Crippen LogP) is 2.56. The number of nitrogens with zero attached hydrogens (tertiary/aromatic N) is 1. The predicted molar refractivity (Wildman–Crippen MR) is 74.3 cm³/mol. The third-order valence-electron chi connectivity index (χ3n) is 3.69. The summed E-state index contributed by atoms with van der Waals surface area (Å²) < 4.78 is 42.9. The van der Waals surface area contributed by atoms with Gasteiger partial charge in [0, 0.05) is 18.7 Å². The fourth-order valence-electron chi connectivity index (χ4n) is 2.46. The van der Waals surface area contributed by atoms with E-state index < -0.39 is 24.7 Å². The molecule has 0 saturated carbocycles. The molecule has 2 rings (SSSR count). The highest BCUT2D eigenvalue weighted by Crippen LogP contribution is 2.34. The Balaban J connectivity index is 1.98. The normalized spacial score (nSPS) is 16.2. The zero-order chi connectivity index (χ0) is 17.0. The van der Waals surface area contributed by atoms with Crippen molar-refractivity contribution in [2.45, 2.75) is 19.0 Å². The molecule has 8 heteroatoms. The van der Waals surface area contributed by atoms with Crippen molar-refractivity contribution >= 4 is 11.9 Å². The third kappa shape index (κ3) is 4.61. The van der Waals surface area contributed by atoms with E-state index in [2.05, 4.69) is 0 Å². The molecular weight excluding hydrogens is 315 g/mol. The number of ether oxygens (including phenoxy) is 1. The van der Waals surface area contributed by atoms with E-state index in [9.17, 15) is 22.8 Å². The van der Waals surface area contributed by atoms with E-state index in [1.165, 1.54) is 29.2 Å². The maximum atomic E-state index is 12.6. The van der Waals surface area contributed by atoms with Crippen LogP contribution in [0.3, 0.4) is 0 Å². The van der Waals surface area contributed by atoms with Gasteiger partial charge in [-0.05, 0) is 31.0 Å². The first-order valence-electron chi connectivity index (χ1n) is 7.08. The van der Waals surface area contributed by atoms with Crippen molar-refractivity contribution in [3.05, 3.63) is 29.8 Å². The van der Waals surface area contributed by atoms with E-state index in [1.807, 2.05) is 0 Å². The summed E-state index contributed by atoms with van der Waals surface area (Å²) >= 11 is 0. The minimum atomic E-state index is -4.22. The van der Waals surface area contributed by atoms with Crippen LogP contribution in [0.2, 0.25) is 0 Å². The number of rotatable bonds is 4. The zero-order valence-corrected chi connectivity index (χ0v) is 12.2. The molecule has 1 aromatic rings. The fourth-order valence-corrected chi connectivity index (χ4v) is 2.46. The van der Waals surface area contributed by atoms with Crippen molar-refractivity contribution < 1.29 is 32.6 Å². The van der Waals surface area contributed by atoms with Gasteiger partial charge in [-0.3, -0.25) is 4.79 Å². The molecule has 1 fully saturated rings. The average molecular weight is 331 g/mol. The molecule has 0 spiro atoms. The standard InChI is InChI=1S/C15H16F3NO4/c16-15(17,18)11-4-6-19(7-5-11)14(22)10-2-1-3-12(8-10)23-9-13(20)21/h1-3,8,11H,4-7,9H2,(H,20,21). The third-order valence-corrected chi connectivity index (χ3v) is 3.69. The number of hydrogen-bond acceptors (Lipinski definition) is 3. The SMILES string of the molecule is O=C(O)COc1cccc(C(=O)N2CCC(C(F)(F)F)CC2)c1. The van der Waals surface area contributed by atoms with E-state index in [0.29, 0.717) is 0 Å². The quantitative estimate of drug-likeness (QED) is 0.921. The van der Waals surface area contributed by atoms with Gasteiger partial charge in [0.1, 0.15) is 5.75 Å². The lowest BCUT2D eigenvalue weighted by Crippen LogP contribution is -2.42. The number of amides is 1. The van der Waals surface area contributed by atoms with Crippen LogP contribution in [0.1, 0.15) is 23.2 Å². The number of carboxylic acid groups (broad SMARTS) is 1. The van der Waals surface area contributed by atoms with E-state index in [4.69, 9.17) is 9.84 Å². The van der Waals surface area contributed by atoms with Gasteiger partial charge in [-0.2, -0.15) is 13.2 Å². The molecule has 126 valence electrons. The van der Waals surface area contributed by atoms with Crippen molar-refractivity contribution in [2.24, 2.45) is 5.92 Å². The number of carbonyl (C=O) groups is 2. The van der Waals surface area contributed by atoms with Crippen molar-refractivity contribution in [1.29, 1.82) is 0 Å². The highest BCUT2D eigenvalue weighted by Gasteiger charge is 2.41. The molecule has 1 heterocycles.